The number of carbonyl (C=O) groups excluding carboxylic acids is 2. The van der Waals surface area contributed by atoms with Gasteiger partial charge in [0.05, 0.1) is 22.7 Å². The van der Waals surface area contributed by atoms with Gasteiger partial charge in [-0.25, -0.2) is 4.79 Å². The van der Waals surface area contributed by atoms with E-state index in [0.717, 1.165) is 26.5 Å². The van der Waals surface area contributed by atoms with E-state index in [0.29, 0.717) is 12.0 Å². The van der Waals surface area contributed by atoms with Crippen LogP contribution in [0.5, 0.6) is 0 Å². The van der Waals surface area contributed by atoms with Crippen molar-refractivity contribution in [3.8, 4) is 0 Å². The molecule has 2 heterocycles. The number of aliphatic carboxylic acids is 1. The van der Waals surface area contributed by atoms with Crippen LogP contribution in [0.4, 0.5) is 4.79 Å². The van der Waals surface area contributed by atoms with Gasteiger partial charge in [-0.05, 0) is 29.7 Å². The predicted molar refractivity (Wildman–Crippen MR) is 114 cm³/mol. The lowest BCUT2D eigenvalue weighted by atomic mass is 10.1. The summed E-state index contributed by atoms with van der Waals surface area (Å²) in [6.45, 7) is -0.585. The Morgan fingerprint density at radius 3 is 2.29 bits per heavy atom. The highest BCUT2D eigenvalue weighted by Gasteiger charge is 2.31. The summed E-state index contributed by atoms with van der Waals surface area (Å²) in [5.74, 6) is -1.50. The number of amides is 2. The molecular formula is C21H17N3O6S. The summed E-state index contributed by atoms with van der Waals surface area (Å²) in [4.78, 5) is 60.0. The lowest BCUT2D eigenvalue weighted by molar-refractivity contribution is -0.137. The number of aromatic nitrogens is 2. The van der Waals surface area contributed by atoms with Crippen molar-refractivity contribution in [1.82, 2.24) is 14.5 Å². The first-order valence-electron chi connectivity index (χ1n) is 9.37. The first-order valence-corrected chi connectivity index (χ1v) is 10.2. The van der Waals surface area contributed by atoms with E-state index in [1.54, 1.807) is 48.5 Å². The Labute approximate surface area is 179 Å². The predicted octanol–water partition coefficient (Wildman–Crippen LogP) is 1.19. The number of carbonyl (C=O) groups is 3. The van der Waals surface area contributed by atoms with Crippen molar-refractivity contribution in [3.63, 3.8) is 0 Å². The highest BCUT2D eigenvalue weighted by molar-refractivity contribution is 8.15. The molecule has 0 spiro atoms. The molecule has 1 unspecified atom stereocenters. The summed E-state index contributed by atoms with van der Waals surface area (Å²) >= 11 is 0.950. The highest BCUT2D eigenvalue weighted by Crippen LogP contribution is 2.23. The van der Waals surface area contributed by atoms with Gasteiger partial charge in [-0.15, -0.1) is 0 Å². The average Bonchev–Trinajstić information content (AvgIpc) is 3.06. The molecule has 2 N–H and O–H groups in total. The molecule has 3 aromatic rings. The molecule has 158 valence electrons. The molecule has 4 rings (SSSR count). The zero-order valence-electron chi connectivity index (χ0n) is 16.1. The minimum absolute atomic E-state index is 0.0282. The molecule has 1 fully saturated rings. The molecule has 0 radical (unpaired) electrons. The van der Waals surface area contributed by atoms with Crippen LogP contribution < -0.4 is 16.6 Å². The Kier molecular flexibility index (Phi) is 5.47. The molecule has 0 bridgehead atoms. The maximum atomic E-state index is 12.9. The van der Waals surface area contributed by atoms with Crippen LogP contribution in [0, 0.1) is 0 Å². The number of hydrogen-bond acceptors (Lipinski definition) is 6. The molecule has 0 aliphatic carbocycles. The third-order valence-corrected chi connectivity index (χ3v) is 5.96. The van der Waals surface area contributed by atoms with Crippen LogP contribution in [-0.4, -0.2) is 36.6 Å². The number of carboxylic acids is 1. The molecule has 1 aromatic heterocycles. The van der Waals surface area contributed by atoms with Gasteiger partial charge in [0.25, 0.3) is 10.8 Å². The molecule has 31 heavy (non-hydrogen) atoms. The van der Waals surface area contributed by atoms with Gasteiger partial charge in [-0.2, -0.15) is 0 Å². The van der Waals surface area contributed by atoms with Gasteiger partial charge in [-0.3, -0.25) is 33.6 Å². The largest absolute Gasteiger partial charge is 0.480 e. The summed E-state index contributed by atoms with van der Waals surface area (Å²) in [6, 6.07) is 13.4. The number of benzene rings is 2. The van der Waals surface area contributed by atoms with E-state index in [1.807, 2.05) is 0 Å². The Hall–Kier alpha value is -3.66. The molecule has 0 saturated carbocycles. The molecular weight excluding hydrogens is 422 g/mol. The summed E-state index contributed by atoms with van der Waals surface area (Å²) in [5, 5.41) is 10.8. The minimum Gasteiger partial charge on any atom is -0.480 e. The molecule has 2 aromatic carbocycles. The van der Waals surface area contributed by atoms with Gasteiger partial charge in [-0.1, -0.05) is 48.2 Å². The Morgan fingerprint density at radius 1 is 0.968 bits per heavy atom. The van der Waals surface area contributed by atoms with Gasteiger partial charge in [0, 0.05) is 0 Å². The molecule has 2 amide bonds. The van der Waals surface area contributed by atoms with Crippen LogP contribution >= 0.6 is 11.8 Å². The van der Waals surface area contributed by atoms with Crippen LogP contribution in [0.15, 0.2) is 58.1 Å². The number of nitrogens with one attached hydrogen (secondary N) is 1. The number of nitrogens with zero attached hydrogens (tertiary/aromatic N) is 2. The van der Waals surface area contributed by atoms with Gasteiger partial charge in [0.15, 0.2) is 0 Å². The number of fused-ring (bicyclic) bond motifs is 1. The number of hydrogen-bond donors (Lipinski definition) is 2. The van der Waals surface area contributed by atoms with E-state index in [-0.39, 0.29) is 28.6 Å². The maximum absolute atomic E-state index is 12.9. The first kappa shape index (κ1) is 20.6. The standard InChI is InChI=1S/C21H17N3O6S/c25-17(26)11-23-15-4-2-1-3-14(15)19(28)24(21(23)30)10-13-7-5-12(6-8-13)9-16-18(27)22-20(29)31-16/h1-8,16H,9-11H2,(H,25,26)(H,22,27,29). The zero-order chi connectivity index (χ0) is 22.1. The van der Waals surface area contributed by atoms with E-state index >= 15 is 0 Å². The monoisotopic (exact) mass is 439 g/mol. The quantitative estimate of drug-likeness (QED) is 0.591. The Bertz CT molecular complexity index is 1330. The topological polar surface area (TPSA) is 127 Å². The summed E-state index contributed by atoms with van der Waals surface area (Å²) in [7, 11) is 0. The average molecular weight is 439 g/mol. The fraction of sp³-hybridized carbons (Fsp3) is 0.190. The van der Waals surface area contributed by atoms with Crippen molar-refractivity contribution >= 4 is 39.8 Å². The van der Waals surface area contributed by atoms with Crippen molar-refractivity contribution in [3.05, 3.63) is 80.5 Å². The fourth-order valence-corrected chi connectivity index (χ4v) is 4.36. The molecule has 1 aliphatic heterocycles. The van der Waals surface area contributed by atoms with Crippen LogP contribution in [0.3, 0.4) is 0 Å². The lowest BCUT2D eigenvalue weighted by Gasteiger charge is -2.13. The minimum atomic E-state index is -1.19. The van der Waals surface area contributed by atoms with Crippen molar-refractivity contribution in [2.75, 3.05) is 0 Å². The lowest BCUT2D eigenvalue weighted by Crippen LogP contribution is -2.41. The highest BCUT2D eigenvalue weighted by atomic mass is 32.2. The maximum Gasteiger partial charge on any atom is 0.332 e. The second kappa shape index (κ2) is 8.23. The van der Waals surface area contributed by atoms with Crippen molar-refractivity contribution in [2.24, 2.45) is 0 Å². The van der Waals surface area contributed by atoms with E-state index in [9.17, 15) is 29.1 Å². The van der Waals surface area contributed by atoms with E-state index in [4.69, 9.17) is 0 Å². The third kappa shape index (κ3) is 4.15. The first-order chi connectivity index (χ1) is 14.8. The van der Waals surface area contributed by atoms with Crippen molar-refractivity contribution in [1.29, 1.82) is 0 Å². The van der Waals surface area contributed by atoms with E-state index in [1.165, 1.54) is 0 Å². The van der Waals surface area contributed by atoms with Crippen molar-refractivity contribution in [2.45, 2.75) is 24.8 Å². The Balaban J connectivity index is 1.65. The van der Waals surface area contributed by atoms with Gasteiger partial charge in [0.2, 0.25) is 5.91 Å². The number of para-hydroxylation sites is 1. The van der Waals surface area contributed by atoms with Crippen LogP contribution in [0.1, 0.15) is 11.1 Å². The fourth-order valence-electron chi connectivity index (χ4n) is 3.50. The normalized spacial score (nSPS) is 15.9. The van der Waals surface area contributed by atoms with Crippen LogP contribution in [0.25, 0.3) is 10.9 Å². The van der Waals surface area contributed by atoms with Gasteiger partial charge >= 0.3 is 11.7 Å². The van der Waals surface area contributed by atoms with Crippen molar-refractivity contribution < 1.29 is 19.5 Å². The molecule has 10 heteroatoms. The third-order valence-electron chi connectivity index (χ3n) is 4.98. The smallest absolute Gasteiger partial charge is 0.332 e. The number of imide groups is 1. The second-order valence-electron chi connectivity index (χ2n) is 7.07. The SMILES string of the molecule is O=C(O)Cn1c(=O)n(Cc2ccc(CC3SC(=O)NC3=O)cc2)c(=O)c2ccccc21. The zero-order valence-corrected chi connectivity index (χ0v) is 16.9. The molecule has 9 nitrogen and oxygen atoms in total. The summed E-state index contributed by atoms with van der Waals surface area (Å²) < 4.78 is 2.08. The molecule has 1 aliphatic rings. The number of rotatable bonds is 6. The van der Waals surface area contributed by atoms with Crippen LogP contribution in [0.2, 0.25) is 0 Å². The summed E-state index contributed by atoms with van der Waals surface area (Å²) in [6.07, 6.45) is 0.379. The van der Waals surface area contributed by atoms with Crippen LogP contribution in [-0.2, 0) is 29.1 Å². The van der Waals surface area contributed by atoms with E-state index < -0.39 is 29.0 Å². The molecule has 1 saturated heterocycles. The second-order valence-corrected chi connectivity index (χ2v) is 8.25. The number of carboxylic acid groups (broad SMARTS) is 1. The number of thioether (sulfide) groups is 1. The Morgan fingerprint density at radius 2 is 1.65 bits per heavy atom. The van der Waals surface area contributed by atoms with Gasteiger partial charge in [0.1, 0.15) is 6.54 Å². The molecule has 1 atom stereocenters. The summed E-state index contributed by atoms with van der Waals surface area (Å²) in [5.41, 5.74) is 0.574. The van der Waals surface area contributed by atoms with E-state index in [2.05, 4.69) is 5.32 Å². The van der Waals surface area contributed by atoms with Gasteiger partial charge < -0.3 is 5.11 Å².